The molecular formula is C15H16ClNOS. The van der Waals surface area contributed by atoms with Gasteiger partial charge in [0.25, 0.3) is 0 Å². The van der Waals surface area contributed by atoms with Crippen LogP contribution in [0.2, 0.25) is 5.02 Å². The Balaban J connectivity index is 2.18. The molecule has 0 radical (unpaired) electrons. The van der Waals surface area contributed by atoms with Crippen molar-refractivity contribution in [3.63, 3.8) is 0 Å². The van der Waals surface area contributed by atoms with Crippen LogP contribution >= 0.6 is 22.9 Å². The molecule has 0 fully saturated rings. The van der Waals surface area contributed by atoms with Gasteiger partial charge in [0.1, 0.15) is 5.75 Å². The first-order valence-corrected chi connectivity index (χ1v) is 7.60. The van der Waals surface area contributed by atoms with Crippen molar-refractivity contribution in [3.8, 4) is 5.75 Å². The lowest BCUT2D eigenvalue weighted by Gasteiger charge is -2.35. The number of thiophene rings is 1. The Bertz CT molecular complexity index is 610. The summed E-state index contributed by atoms with van der Waals surface area (Å²) in [5, 5.41) is 2.77. The van der Waals surface area contributed by atoms with Gasteiger partial charge in [0.15, 0.2) is 0 Å². The van der Waals surface area contributed by atoms with Crippen molar-refractivity contribution in [2.45, 2.75) is 24.8 Å². The number of halogens is 1. The summed E-state index contributed by atoms with van der Waals surface area (Å²) < 4.78 is 5.34. The third-order valence-corrected chi connectivity index (χ3v) is 5.36. The second-order valence-electron chi connectivity index (χ2n) is 4.95. The highest BCUT2D eigenvalue weighted by Crippen LogP contribution is 2.44. The summed E-state index contributed by atoms with van der Waals surface area (Å²) in [5.74, 6) is 0.850. The standard InChI is InChI=1S/C15H16ClNOS/c1-18-11-5-4-10-3-2-7-15(17,12(10)9-11)14-13(16)6-8-19-14/h4-6,8-9H,2-3,7,17H2,1H3. The Morgan fingerprint density at radius 3 is 2.89 bits per heavy atom. The van der Waals surface area contributed by atoms with E-state index in [0.717, 1.165) is 40.5 Å². The second kappa shape index (κ2) is 4.82. The fraction of sp³-hybridized carbons (Fsp3) is 0.333. The zero-order chi connectivity index (χ0) is 13.5. The molecule has 100 valence electrons. The van der Waals surface area contributed by atoms with Crippen molar-refractivity contribution in [3.05, 3.63) is 50.7 Å². The highest BCUT2D eigenvalue weighted by molar-refractivity contribution is 7.10. The van der Waals surface area contributed by atoms with Crippen molar-refractivity contribution in [2.24, 2.45) is 5.73 Å². The monoisotopic (exact) mass is 293 g/mol. The minimum atomic E-state index is -0.479. The lowest BCUT2D eigenvalue weighted by atomic mass is 9.76. The molecule has 4 heteroatoms. The summed E-state index contributed by atoms with van der Waals surface area (Å²) >= 11 is 7.94. The fourth-order valence-electron chi connectivity index (χ4n) is 2.86. The summed E-state index contributed by atoms with van der Waals surface area (Å²) in [6.07, 6.45) is 3.08. The number of aryl methyl sites for hydroxylation is 1. The van der Waals surface area contributed by atoms with Crippen LogP contribution in [0.3, 0.4) is 0 Å². The van der Waals surface area contributed by atoms with Crippen LogP contribution < -0.4 is 10.5 Å². The van der Waals surface area contributed by atoms with Gasteiger partial charge in [-0.1, -0.05) is 17.7 Å². The first-order chi connectivity index (χ1) is 9.15. The van der Waals surface area contributed by atoms with Gasteiger partial charge in [-0.25, -0.2) is 0 Å². The molecule has 2 aromatic rings. The summed E-state index contributed by atoms with van der Waals surface area (Å²) in [5.41, 5.74) is 8.71. The molecular weight excluding hydrogens is 278 g/mol. The zero-order valence-electron chi connectivity index (χ0n) is 10.8. The van der Waals surface area contributed by atoms with Gasteiger partial charge in [-0.15, -0.1) is 11.3 Å². The quantitative estimate of drug-likeness (QED) is 0.910. The van der Waals surface area contributed by atoms with Crippen LogP contribution in [0.4, 0.5) is 0 Å². The molecule has 0 bridgehead atoms. The van der Waals surface area contributed by atoms with Crippen LogP contribution in [0.25, 0.3) is 0 Å². The van der Waals surface area contributed by atoms with Crippen molar-refractivity contribution in [2.75, 3.05) is 7.11 Å². The van der Waals surface area contributed by atoms with Crippen LogP contribution in [-0.2, 0) is 12.0 Å². The molecule has 0 saturated carbocycles. The molecule has 3 rings (SSSR count). The van der Waals surface area contributed by atoms with Gasteiger partial charge < -0.3 is 10.5 Å². The van der Waals surface area contributed by atoms with Gasteiger partial charge in [0, 0.05) is 4.88 Å². The first-order valence-electron chi connectivity index (χ1n) is 6.35. The molecule has 1 aliphatic rings. The summed E-state index contributed by atoms with van der Waals surface area (Å²) in [4.78, 5) is 1.06. The van der Waals surface area contributed by atoms with Gasteiger partial charge in [-0.05, 0) is 54.0 Å². The molecule has 0 amide bonds. The van der Waals surface area contributed by atoms with E-state index in [1.807, 2.05) is 17.5 Å². The van der Waals surface area contributed by atoms with Crippen molar-refractivity contribution in [1.82, 2.24) is 0 Å². The lowest BCUT2D eigenvalue weighted by Crippen LogP contribution is -2.40. The van der Waals surface area contributed by atoms with Crippen molar-refractivity contribution in [1.29, 1.82) is 0 Å². The van der Waals surface area contributed by atoms with Crippen LogP contribution in [0.1, 0.15) is 28.8 Å². The van der Waals surface area contributed by atoms with Gasteiger partial charge in [0.2, 0.25) is 0 Å². The number of benzene rings is 1. The van der Waals surface area contributed by atoms with Gasteiger partial charge >= 0.3 is 0 Å². The van der Waals surface area contributed by atoms with E-state index in [0.29, 0.717) is 0 Å². The molecule has 1 aliphatic carbocycles. The molecule has 1 aromatic heterocycles. The summed E-state index contributed by atoms with van der Waals surface area (Å²) in [6, 6.07) is 8.10. The van der Waals surface area contributed by atoms with Gasteiger partial charge in [-0.3, -0.25) is 0 Å². The van der Waals surface area contributed by atoms with Crippen LogP contribution in [0.5, 0.6) is 5.75 Å². The molecule has 1 atom stereocenters. The first kappa shape index (κ1) is 13.0. The highest BCUT2D eigenvalue weighted by atomic mass is 35.5. The topological polar surface area (TPSA) is 35.2 Å². The Morgan fingerprint density at radius 1 is 1.37 bits per heavy atom. The average molecular weight is 294 g/mol. The zero-order valence-corrected chi connectivity index (χ0v) is 12.4. The normalized spacial score (nSPS) is 22.1. The SMILES string of the molecule is COc1ccc2c(c1)C(N)(c1sccc1Cl)CCC2. The Labute approximate surface area is 122 Å². The van der Waals surface area contributed by atoms with Gasteiger partial charge in [0.05, 0.1) is 17.7 Å². The number of ether oxygens (including phenoxy) is 1. The third kappa shape index (κ3) is 2.06. The average Bonchev–Trinajstić information content (AvgIpc) is 2.86. The van der Waals surface area contributed by atoms with Crippen molar-refractivity contribution < 1.29 is 4.74 Å². The number of hydrogen-bond donors (Lipinski definition) is 1. The minimum Gasteiger partial charge on any atom is -0.497 e. The van der Waals surface area contributed by atoms with E-state index in [1.165, 1.54) is 5.56 Å². The maximum atomic E-state index is 6.73. The predicted molar refractivity (Wildman–Crippen MR) is 80.2 cm³/mol. The molecule has 1 aromatic carbocycles. The molecule has 0 aliphatic heterocycles. The molecule has 1 unspecified atom stereocenters. The lowest BCUT2D eigenvalue weighted by molar-refractivity contribution is 0.406. The molecule has 0 spiro atoms. The minimum absolute atomic E-state index is 0.479. The van der Waals surface area contributed by atoms with Gasteiger partial charge in [-0.2, -0.15) is 0 Å². The molecule has 2 N–H and O–H groups in total. The largest absolute Gasteiger partial charge is 0.497 e. The molecule has 1 heterocycles. The molecule has 2 nitrogen and oxygen atoms in total. The second-order valence-corrected chi connectivity index (χ2v) is 6.27. The van der Waals surface area contributed by atoms with E-state index in [2.05, 4.69) is 12.1 Å². The van der Waals surface area contributed by atoms with Crippen LogP contribution in [-0.4, -0.2) is 7.11 Å². The fourth-order valence-corrected chi connectivity index (χ4v) is 4.24. The number of fused-ring (bicyclic) bond motifs is 1. The highest BCUT2D eigenvalue weighted by Gasteiger charge is 2.37. The molecule has 0 saturated heterocycles. The number of rotatable bonds is 2. The Morgan fingerprint density at radius 2 is 2.21 bits per heavy atom. The number of methoxy groups -OCH3 is 1. The number of hydrogen-bond acceptors (Lipinski definition) is 3. The van der Waals surface area contributed by atoms with Crippen molar-refractivity contribution >= 4 is 22.9 Å². The maximum absolute atomic E-state index is 6.73. The van der Waals surface area contributed by atoms with Crippen LogP contribution in [0.15, 0.2) is 29.6 Å². The number of nitrogens with two attached hydrogens (primary N) is 1. The third-order valence-electron chi connectivity index (χ3n) is 3.84. The summed E-state index contributed by atoms with van der Waals surface area (Å²) in [6.45, 7) is 0. The van der Waals surface area contributed by atoms with E-state index >= 15 is 0 Å². The summed E-state index contributed by atoms with van der Waals surface area (Å²) in [7, 11) is 1.68. The van der Waals surface area contributed by atoms with E-state index in [1.54, 1.807) is 18.4 Å². The smallest absolute Gasteiger partial charge is 0.119 e. The predicted octanol–water partition coefficient (Wildman–Crippen LogP) is 3.95. The van der Waals surface area contributed by atoms with E-state index < -0.39 is 5.54 Å². The Kier molecular flexibility index (Phi) is 3.29. The van der Waals surface area contributed by atoms with E-state index in [9.17, 15) is 0 Å². The Hall–Kier alpha value is -1.03. The maximum Gasteiger partial charge on any atom is 0.119 e. The van der Waals surface area contributed by atoms with Crippen LogP contribution in [0, 0.1) is 0 Å². The van der Waals surface area contributed by atoms with E-state index in [4.69, 9.17) is 22.1 Å². The molecule has 19 heavy (non-hydrogen) atoms. The van der Waals surface area contributed by atoms with E-state index in [-0.39, 0.29) is 0 Å².